The van der Waals surface area contributed by atoms with Crippen molar-refractivity contribution in [1.29, 1.82) is 0 Å². The Labute approximate surface area is 86.1 Å². The van der Waals surface area contributed by atoms with Crippen LogP contribution in [0.25, 0.3) is 0 Å². The molecule has 1 aliphatic rings. The molecule has 0 bridgehead atoms. The average molecular weight is 218 g/mol. The molecule has 0 aromatic carbocycles. The molecule has 0 radical (unpaired) electrons. The van der Waals surface area contributed by atoms with Crippen LogP contribution in [0.3, 0.4) is 0 Å². The number of carboxylic acid groups (broad SMARTS) is 1. The number of aliphatic imine (C=N–C) groups is 1. The first-order chi connectivity index (χ1) is 6.09. The van der Waals surface area contributed by atoms with Gasteiger partial charge in [0.15, 0.2) is 0 Å². The molecule has 0 aromatic rings. The normalized spacial score (nSPS) is 15.6. The second kappa shape index (κ2) is 4.48. The van der Waals surface area contributed by atoms with Crippen LogP contribution in [0.15, 0.2) is 16.8 Å². The molecule has 0 unspecified atom stereocenters. The zero-order valence-electron chi connectivity index (χ0n) is 6.79. The highest BCUT2D eigenvalue weighted by Gasteiger charge is 2.11. The molecule has 0 fully saturated rings. The Morgan fingerprint density at radius 3 is 2.85 bits per heavy atom. The monoisotopic (exact) mass is 217 g/mol. The molecular formula is C8H8ClNO2S. The number of aliphatic carboxylic acids is 1. The lowest BCUT2D eigenvalue weighted by Crippen LogP contribution is -1.93. The van der Waals surface area contributed by atoms with Gasteiger partial charge < -0.3 is 5.11 Å². The molecule has 0 spiro atoms. The summed E-state index contributed by atoms with van der Waals surface area (Å²) in [6.45, 7) is 0. The van der Waals surface area contributed by atoms with E-state index in [9.17, 15) is 4.79 Å². The number of halogens is 1. The third-order valence-electron chi connectivity index (χ3n) is 1.57. The van der Waals surface area contributed by atoms with Crippen LogP contribution in [0.2, 0.25) is 0 Å². The minimum absolute atomic E-state index is 0.150. The van der Waals surface area contributed by atoms with Gasteiger partial charge in [0.1, 0.15) is 5.17 Å². The predicted octanol–water partition coefficient (Wildman–Crippen LogP) is 2.15. The maximum atomic E-state index is 10.2. The van der Waals surface area contributed by atoms with Crippen LogP contribution in [0, 0.1) is 0 Å². The van der Waals surface area contributed by atoms with Gasteiger partial charge in [-0.3, -0.25) is 4.79 Å². The molecule has 1 N–H and O–H groups in total. The molecular weight excluding hydrogens is 210 g/mol. The molecule has 3 nitrogen and oxygen atoms in total. The Kier molecular flexibility index (Phi) is 3.57. The van der Waals surface area contributed by atoms with Crippen molar-refractivity contribution in [3.05, 3.63) is 11.8 Å². The van der Waals surface area contributed by atoms with Gasteiger partial charge in [-0.15, -0.1) is 0 Å². The summed E-state index contributed by atoms with van der Waals surface area (Å²) in [5, 5.41) is 8.72. The molecule has 1 rings (SSSR count). The van der Waals surface area contributed by atoms with E-state index in [4.69, 9.17) is 28.9 Å². The van der Waals surface area contributed by atoms with Crippen molar-refractivity contribution >= 4 is 39.8 Å². The lowest BCUT2D eigenvalue weighted by atomic mass is 10.2. The molecule has 0 amide bonds. The van der Waals surface area contributed by atoms with Crippen LogP contribution >= 0.6 is 23.8 Å². The smallest absolute Gasteiger partial charge is 0.303 e. The minimum Gasteiger partial charge on any atom is -0.481 e. The number of carbonyl (C=O) groups is 1. The maximum absolute atomic E-state index is 10.2. The second-order valence-corrected chi connectivity index (χ2v) is 3.45. The fraction of sp³-hybridized carbons (Fsp3) is 0.375. The highest BCUT2D eigenvalue weighted by Crippen LogP contribution is 2.17. The molecule has 1 aliphatic heterocycles. The van der Waals surface area contributed by atoms with E-state index in [0.717, 1.165) is 5.70 Å². The lowest BCUT2D eigenvalue weighted by Gasteiger charge is -1.94. The Balaban J connectivity index is 2.36. The Morgan fingerprint density at radius 1 is 1.69 bits per heavy atom. The van der Waals surface area contributed by atoms with Crippen molar-refractivity contribution in [2.75, 3.05) is 0 Å². The van der Waals surface area contributed by atoms with Crippen LogP contribution in [0.5, 0.6) is 0 Å². The van der Waals surface area contributed by atoms with Crippen LogP contribution in [-0.4, -0.2) is 21.1 Å². The molecule has 70 valence electrons. The summed E-state index contributed by atoms with van der Waals surface area (Å²) in [4.78, 5) is 14.7. The Morgan fingerprint density at radius 2 is 2.38 bits per heavy atom. The molecule has 0 saturated carbocycles. The highest BCUT2D eigenvalue weighted by atomic mass is 35.5. The van der Waals surface area contributed by atoms with Gasteiger partial charge in [-0.2, -0.15) is 0 Å². The van der Waals surface area contributed by atoms with E-state index in [-0.39, 0.29) is 6.42 Å². The largest absolute Gasteiger partial charge is 0.481 e. The maximum Gasteiger partial charge on any atom is 0.303 e. The molecule has 0 atom stereocenters. The van der Waals surface area contributed by atoms with E-state index in [1.807, 2.05) is 0 Å². The Bertz CT molecular complexity index is 309. The number of thiocarbonyl (C=S) groups is 1. The first-order valence-electron chi connectivity index (χ1n) is 3.80. The van der Waals surface area contributed by atoms with Crippen molar-refractivity contribution in [3.8, 4) is 0 Å². The first-order valence-corrected chi connectivity index (χ1v) is 4.59. The lowest BCUT2D eigenvalue weighted by molar-refractivity contribution is -0.137. The molecule has 13 heavy (non-hydrogen) atoms. The standard InChI is InChI=1S/C8H8ClNO2S/c9-8-6(13)4-5(10-8)2-1-3-7(11)12/h4H,1-3H2,(H,11,12). The summed E-state index contributed by atoms with van der Waals surface area (Å²) in [5.41, 5.74) is 0.774. The summed E-state index contributed by atoms with van der Waals surface area (Å²) >= 11 is 10.5. The zero-order valence-corrected chi connectivity index (χ0v) is 8.36. The van der Waals surface area contributed by atoms with Gasteiger partial charge in [0, 0.05) is 12.1 Å². The van der Waals surface area contributed by atoms with Crippen LogP contribution in [0.4, 0.5) is 0 Å². The number of rotatable bonds is 4. The summed E-state index contributed by atoms with van der Waals surface area (Å²) in [6.07, 6.45) is 3.04. The number of hydrogen-bond acceptors (Lipinski definition) is 3. The van der Waals surface area contributed by atoms with Crippen molar-refractivity contribution in [2.45, 2.75) is 19.3 Å². The summed E-state index contributed by atoms with van der Waals surface area (Å²) in [5.74, 6) is -0.795. The predicted molar refractivity (Wildman–Crippen MR) is 55.5 cm³/mol. The van der Waals surface area contributed by atoms with E-state index in [1.165, 1.54) is 0 Å². The third-order valence-corrected chi connectivity index (χ3v) is 2.28. The van der Waals surface area contributed by atoms with Crippen LogP contribution in [-0.2, 0) is 4.79 Å². The second-order valence-electron chi connectivity index (χ2n) is 2.65. The number of hydrogen-bond donors (Lipinski definition) is 1. The van der Waals surface area contributed by atoms with E-state index < -0.39 is 5.97 Å². The van der Waals surface area contributed by atoms with Gasteiger partial charge in [0.2, 0.25) is 0 Å². The van der Waals surface area contributed by atoms with Gasteiger partial charge in [-0.1, -0.05) is 23.8 Å². The summed E-state index contributed by atoms with van der Waals surface area (Å²) in [7, 11) is 0. The van der Waals surface area contributed by atoms with Gasteiger partial charge in [0.05, 0.1) is 4.86 Å². The molecule has 5 heteroatoms. The van der Waals surface area contributed by atoms with E-state index >= 15 is 0 Å². The number of allylic oxidation sites excluding steroid dienone is 2. The van der Waals surface area contributed by atoms with Crippen molar-refractivity contribution in [1.82, 2.24) is 0 Å². The molecule has 0 aliphatic carbocycles. The quantitative estimate of drug-likeness (QED) is 0.735. The van der Waals surface area contributed by atoms with E-state index in [2.05, 4.69) is 4.99 Å². The number of carboxylic acids is 1. The SMILES string of the molecule is O=C(O)CCCC1=CC(=S)C(Cl)=N1. The topological polar surface area (TPSA) is 49.7 Å². The van der Waals surface area contributed by atoms with Gasteiger partial charge >= 0.3 is 5.97 Å². The van der Waals surface area contributed by atoms with Crippen molar-refractivity contribution in [3.63, 3.8) is 0 Å². The Hall–Kier alpha value is -0.740. The fourth-order valence-electron chi connectivity index (χ4n) is 0.973. The molecule has 1 heterocycles. The van der Waals surface area contributed by atoms with E-state index in [0.29, 0.717) is 22.9 Å². The highest BCUT2D eigenvalue weighted by molar-refractivity contribution is 7.83. The van der Waals surface area contributed by atoms with E-state index in [1.54, 1.807) is 6.08 Å². The first kappa shape index (κ1) is 10.3. The number of nitrogens with zero attached hydrogens (tertiary/aromatic N) is 1. The third kappa shape index (κ3) is 3.24. The minimum atomic E-state index is -0.795. The molecule has 0 aromatic heterocycles. The van der Waals surface area contributed by atoms with Gasteiger partial charge in [-0.05, 0) is 18.9 Å². The zero-order chi connectivity index (χ0) is 9.84. The summed E-state index contributed by atoms with van der Waals surface area (Å²) in [6, 6.07) is 0. The van der Waals surface area contributed by atoms with Crippen molar-refractivity contribution in [2.24, 2.45) is 4.99 Å². The average Bonchev–Trinajstić information content (AvgIpc) is 2.30. The molecule has 0 saturated heterocycles. The fourth-order valence-corrected chi connectivity index (χ4v) is 1.32. The van der Waals surface area contributed by atoms with Crippen LogP contribution in [0.1, 0.15) is 19.3 Å². The van der Waals surface area contributed by atoms with Crippen molar-refractivity contribution < 1.29 is 9.90 Å². The van der Waals surface area contributed by atoms with Gasteiger partial charge in [0.25, 0.3) is 0 Å². The van der Waals surface area contributed by atoms with Gasteiger partial charge in [-0.25, -0.2) is 4.99 Å². The van der Waals surface area contributed by atoms with Crippen LogP contribution < -0.4 is 0 Å². The summed E-state index contributed by atoms with van der Waals surface area (Å²) < 4.78 is 0.